The molecule has 230 valence electrons. The highest BCUT2D eigenvalue weighted by molar-refractivity contribution is 5.87. The van der Waals surface area contributed by atoms with Gasteiger partial charge < -0.3 is 24.4 Å². The number of aliphatic hydroxyl groups excluding tert-OH is 2. The zero-order valence-corrected chi connectivity index (χ0v) is 25.8. The lowest BCUT2D eigenvalue weighted by molar-refractivity contribution is -0.164. The average Bonchev–Trinajstić information content (AvgIpc) is 2.93. The molecule has 0 heterocycles. The summed E-state index contributed by atoms with van der Waals surface area (Å²) in [7, 11) is 0. The fourth-order valence-electron chi connectivity index (χ4n) is 3.91. The van der Waals surface area contributed by atoms with Crippen molar-refractivity contribution in [3.63, 3.8) is 0 Å². The van der Waals surface area contributed by atoms with Crippen molar-refractivity contribution < 1.29 is 34.0 Å². The molecule has 0 fully saturated rings. The Balaban J connectivity index is 5.11. The molecule has 3 unspecified atom stereocenters. The summed E-state index contributed by atoms with van der Waals surface area (Å²) in [6, 6.07) is 0. The van der Waals surface area contributed by atoms with Crippen LogP contribution in [0.25, 0.3) is 0 Å². The Hall–Kier alpha value is -1.26. The third-order valence-electron chi connectivity index (χ3n) is 8.11. The van der Waals surface area contributed by atoms with Crippen LogP contribution in [-0.4, -0.2) is 78.2 Å². The summed E-state index contributed by atoms with van der Waals surface area (Å²) >= 11 is 0. The van der Waals surface area contributed by atoms with Crippen molar-refractivity contribution in [1.29, 1.82) is 0 Å². The van der Waals surface area contributed by atoms with Gasteiger partial charge in [-0.3, -0.25) is 9.59 Å². The molecular weight excluding hydrogens is 502 g/mol. The lowest BCUT2D eigenvalue weighted by Gasteiger charge is -2.37. The molecule has 0 aromatic heterocycles. The first kappa shape index (κ1) is 37.7. The molecule has 0 saturated heterocycles. The summed E-state index contributed by atoms with van der Waals surface area (Å²) in [5, 5.41) is 22.2. The zero-order valence-electron chi connectivity index (χ0n) is 25.8. The van der Waals surface area contributed by atoms with E-state index < -0.39 is 23.2 Å². The lowest BCUT2D eigenvalue weighted by Crippen LogP contribution is -2.48. The second kappa shape index (κ2) is 19.0. The SMILES string of the molecule is CCC(C)(C)OCCCCCC(=O)C(C)(CC)OCC(CO)(CN=O)COC(C)(CC)C(=O)CCCCCO. The molecule has 9 nitrogen and oxygen atoms in total. The highest BCUT2D eigenvalue weighted by Crippen LogP contribution is 2.29. The number of unbranched alkanes of at least 4 members (excludes halogenated alkanes) is 4. The number of rotatable bonds is 26. The summed E-state index contributed by atoms with van der Waals surface area (Å²) in [6.45, 7) is 13.3. The molecule has 39 heavy (non-hydrogen) atoms. The molecule has 0 bridgehead atoms. The first-order valence-corrected chi connectivity index (χ1v) is 14.8. The molecule has 9 heteroatoms. The minimum atomic E-state index is -1.17. The van der Waals surface area contributed by atoms with Gasteiger partial charge >= 0.3 is 0 Å². The summed E-state index contributed by atoms with van der Waals surface area (Å²) in [5.41, 5.74) is -3.45. The standard InChI is InChI=1S/C30H57NO8/c1-8-27(4,5)37-20-16-12-14-18-26(35)29(7,10-3)39-24-30(22-33,21-31-36)23-38-28(6,9-2)25(34)17-13-11-15-19-32/h32-33H,8-24H2,1-7H3. The summed E-state index contributed by atoms with van der Waals surface area (Å²) in [5.74, 6) is -0.0879. The van der Waals surface area contributed by atoms with Crippen LogP contribution in [0.2, 0.25) is 0 Å². The molecule has 0 amide bonds. The second-order valence-corrected chi connectivity index (χ2v) is 11.8. The third kappa shape index (κ3) is 13.8. The smallest absolute Gasteiger partial charge is 0.164 e. The van der Waals surface area contributed by atoms with Crippen molar-refractivity contribution in [2.24, 2.45) is 10.6 Å². The quantitative estimate of drug-likeness (QED) is 0.104. The van der Waals surface area contributed by atoms with E-state index in [1.165, 1.54) is 0 Å². The van der Waals surface area contributed by atoms with Gasteiger partial charge in [0.15, 0.2) is 11.6 Å². The Kier molecular flexibility index (Phi) is 18.4. The number of aliphatic hydroxyl groups is 2. The Morgan fingerprint density at radius 1 is 0.692 bits per heavy atom. The topological polar surface area (TPSA) is 132 Å². The number of ether oxygens (including phenoxy) is 3. The van der Waals surface area contributed by atoms with Gasteiger partial charge in [-0.1, -0.05) is 38.8 Å². The second-order valence-electron chi connectivity index (χ2n) is 11.8. The van der Waals surface area contributed by atoms with E-state index in [1.807, 2.05) is 13.8 Å². The number of hydrogen-bond acceptors (Lipinski definition) is 9. The number of carbonyl (C=O) groups excluding carboxylic acids is 2. The zero-order chi connectivity index (χ0) is 30.0. The number of Topliss-reactive ketones (excluding diaryl/α,β-unsaturated/α-hetero) is 2. The van der Waals surface area contributed by atoms with Gasteiger partial charge in [0.25, 0.3) is 0 Å². The van der Waals surface area contributed by atoms with Gasteiger partial charge in [-0.25, -0.2) is 0 Å². The van der Waals surface area contributed by atoms with E-state index in [4.69, 9.17) is 19.3 Å². The summed E-state index contributed by atoms with van der Waals surface area (Å²) in [4.78, 5) is 37.3. The number of nitroso groups, excluding NO2 is 1. The highest BCUT2D eigenvalue weighted by atomic mass is 16.5. The lowest BCUT2D eigenvalue weighted by atomic mass is 9.88. The van der Waals surface area contributed by atoms with Crippen molar-refractivity contribution >= 4 is 11.6 Å². The van der Waals surface area contributed by atoms with Crippen LogP contribution in [0.4, 0.5) is 0 Å². The Bertz CT molecular complexity index is 715. The van der Waals surface area contributed by atoms with Crippen LogP contribution in [0.1, 0.15) is 119 Å². The number of nitrogens with zero attached hydrogens (tertiary/aromatic N) is 1. The van der Waals surface area contributed by atoms with Gasteiger partial charge in [0.2, 0.25) is 0 Å². The van der Waals surface area contributed by atoms with E-state index in [1.54, 1.807) is 13.8 Å². The molecule has 0 radical (unpaired) electrons. The van der Waals surface area contributed by atoms with Crippen molar-refractivity contribution in [1.82, 2.24) is 0 Å². The van der Waals surface area contributed by atoms with Crippen molar-refractivity contribution in [3.8, 4) is 0 Å². The average molecular weight is 560 g/mol. The van der Waals surface area contributed by atoms with Crippen LogP contribution in [0.3, 0.4) is 0 Å². The van der Waals surface area contributed by atoms with Gasteiger partial charge in [0.1, 0.15) is 11.2 Å². The van der Waals surface area contributed by atoms with E-state index in [-0.39, 0.29) is 43.5 Å². The Morgan fingerprint density at radius 3 is 1.56 bits per heavy atom. The molecule has 3 atom stereocenters. The Morgan fingerprint density at radius 2 is 1.18 bits per heavy atom. The molecule has 2 N–H and O–H groups in total. The van der Waals surface area contributed by atoms with Crippen LogP contribution < -0.4 is 0 Å². The van der Waals surface area contributed by atoms with Gasteiger partial charge in [-0.2, -0.15) is 4.91 Å². The first-order chi connectivity index (χ1) is 18.3. The maximum absolute atomic E-state index is 13.1. The van der Waals surface area contributed by atoms with Crippen molar-refractivity contribution in [3.05, 3.63) is 4.91 Å². The van der Waals surface area contributed by atoms with Crippen molar-refractivity contribution in [2.45, 2.75) is 136 Å². The van der Waals surface area contributed by atoms with Crippen LogP contribution in [0.5, 0.6) is 0 Å². The van der Waals surface area contributed by atoms with Crippen LogP contribution in [-0.2, 0) is 23.8 Å². The molecule has 0 aliphatic carbocycles. The fourth-order valence-corrected chi connectivity index (χ4v) is 3.91. The molecule has 0 spiro atoms. The fraction of sp³-hybridized carbons (Fsp3) is 0.933. The normalized spacial score (nSPS) is 16.7. The molecule has 0 aromatic rings. The van der Waals surface area contributed by atoms with E-state index in [9.17, 15) is 19.6 Å². The number of ketones is 2. The summed E-state index contributed by atoms with van der Waals surface area (Å²) in [6.07, 6.45) is 7.04. The van der Waals surface area contributed by atoms with Gasteiger partial charge in [-0.05, 0) is 72.6 Å². The molecule has 0 rings (SSSR count). The van der Waals surface area contributed by atoms with Gasteiger partial charge in [-0.15, -0.1) is 0 Å². The molecule has 0 aliphatic rings. The molecule has 0 aromatic carbocycles. The number of hydrogen-bond donors (Lipinski definition) is 2. The van der Waals surface area contributed by atoms with Crippen LogP contribution in [0.15, 0.2) is 5.18 Å². The molecule has 0 saturated carbocycles. The van der Waals surface area contributed by atoms with Gasteiger partial charge in [0.05, 0.1) is 37.4 Å². The van der Waals surface area contributed by atoms with E-state index >= 15 is 0 Å². The number of carbonyl (C=O) groups is 2. The molecule has 0 aliphatic heterocycles. The maximum atomic E-state index is 13.1. The van der Waals surface area contributed by atoms with Gasteiger partial charge in [0, 0.05) is 26.1 Å². The highest BCUT2D eigenvalue weighted by Gasteiger charge is 2.41. The van der Waals surface area contributed by atoms with E-state index in [0.717, 1.165) is 32.1 Å². The Labute approximate surface area is 236 Å². The maximum Gasteiger partial charge on any atom is 0.164 e. The molecular formula is C30H57NO8. The largest absolute Gasteiger partial charge is 0.396 e. The third-order valence-corrected chi connectivity index (χ3v) is 8.11. The van der Waals surface area contributed by atoms with Crippen LogP contribution >= 0.6 is 0 Å². The van der Waals surface area contributed by atoms with E-state index in [2.05, 4.69) is 25.9 Å². The van der Waals surface area contributed by atoms with E-state index in [0.29, 0.717) is 45.1 Å². The minimum Gasteiger partial charge on any atom is -0.396 e. The monoisotopic (exact) mass is 559 g/mol. The minimum absolute atomic E-state index is 0.0249. The van der Waals surface area contributed by atoms with Crippen molar-refractivity contribution in [2.75, 3.05) is 39.6 Å². The predicted octanol–water partition coefficient (Wildman–Crippen LogP) is 5.56. The summed E-state index contributed by atoms with van der Waals surface area (Å²) < 4.78 is 18.1. The first-order valence-electron chi connectivity index (χ1n) is 14.8. The van der Waals surface area contributed by atoms with Crippen LogP contribution in [0, 0.1) is 10.3 Å². The predicted molar refractivity (Wildman–Crippen MR) is 154 cm³/mol.